The average molecular weight is 469 g/mol. The molecule has 0 saturated heterocycles. The molecule has 0 fully saturated rings. The van der Waals surface area contributed by atoms with Crippen molar-refractivity contribution in [1.29, 1.82) is 0 Å². The Morgan fingerprint density at radius 2 is 1.33 bits per heavy atom. The first-order valence-electron chi connectivity index (χ1n) is 0.532. The van der Waals surface area contributed by atoms with E-state index >= 15 is 0 Å². The zero-order chi connectivity index (χ0) is 3.58. The number of hydrogen-bond donors (Lipinski definition) is 2. The molecule has 0 amide bonds. The second-order valence-electron chi connectivity index (χ2n) is 0.231. The van der Waals surface area contributed by atoms with Gasteiger partial charge < -0.3 is 0 Å². The Morgan fingerprint density at radius 3 is 1.33 bits per heavy atom. The van der Waals surface area contributed by atoms with E-state index in [-0.39, 0.29) is 50.2 Å². The third kappa shape index (κ3) is 40.2. The molecule has 0 saturated carbocycles. The fraction of sp³-hybridized carbons (Fsp3) is 0. The van der Waals surface area contributed by atoms with Gasteiger partial charge >= 0.3 is 52.9 Å². The van der Waals surface area contributed by atoms with Gasteiger partial charge in [-0.15, -0.1) is 24.0 Å². The van der Waals surface area contributed by atoms with Crippen LogP contribution in [0.25, 0.3) is 0 Å². The summed E-state index contributed by atoms with van der Waals surface area (Å²) < 4.78 is 23.1. The molecule has 0 aliphatic carbocycles. The Morgan fingerprint density at radius 1 is 1.33 bits per heavy atom. The molecule has 0 bridgehead atoms. The summed E-state index contributed by atoms with van der Waals surface area (Å²) in [6, 6.07) is 0. The summed E-state index contributed by atoms with van der Waals surface area (Å²) in [6.45, 7) is 0. The number of rotatable bonds is 0. The Labute approximate surface area is 76.0 Å². The van der Waals surface area contributed by atoms with Crippen molar-refractivity contribution in [2.45, 2.75) is 0 Å². The molecule has 0 radical (unpaired) electrons. The van der Waals surface area contributed by atoms with E-state index in [0.717, 1.165) is 0 Å². The van der Waals surface area contributed by atoms with Gasteiger partial charge in [-0.1, -0.05) is 0 Å². The van der Waals surface area contributed by atoms with E-state index in [1.54, 1.807) is 0 Å². The molecule has 3 nitrogen and oxygen atoms in total. The molecule has 0 unspecified atom stereocenters. The van der Waals surface area contributed by atoms with E-state index in [2.05, 4.69) is 0 Å². The normalized spacial score (nSPS) is 5.83. The van der Waals surface area contributed by atoms with Crippen molar-refractivity contribution in [3.05, 3.63) is 0 Å². The van der Waals surface area contributed by atoms with Crippen molar-refractivity contribution in [3.8, 4) is 0 Å². The average Bonchev–Trinajstić information content (AvgIpc) is 0.811. The second-order valence-corrected chi connectivity index (χ2v) is 1.20. The van der Waals surface area contributed by atoms with Crippen LogP contribution in [0.1, 0.15) is 0 Å². The molecule has 6 heavy (non-hydrogen) atoms. The molecule has 0 aliphatic rings. The predicted molar refractivity (Wildman–Crippen MR) is 36.2 cm³/mol. The van der Waals surface area contributed by atoms with Gasteiger partial charge in [-0.2, -0.15) is 0 Å². The molecule has 0 atom stereocenters. The molecule has 0 spiro atoms. The van der Waals surface area contributed by atoms with Crippen LogP contribution in [-0.4, -0.2) is 49.1 Å². The van der Waals surface area contributed by atoms with Crippen LogP contribution in [0.5, 0.6) is 0 Å². The molecule has 0 aromatic heterocycles. The van der Waals surface area contributed by atoms with E-state index < -0.39 is 14.5 Å². The van der Waals surface area contributed by atoms with Crippen LogP contribution in [0.4, 0.5) is 0 Å². The standard InChI is InChI=1S/Bi.HI.H2O3Se.3H/c;;1-4(2)3;;;/h;1H;(H2,1,2,3);;;. The van der Waals surface area contributed by atoms with Crippen LogP contribution in [0.2, 0.25) is 0 Å². The van der Waals surface area contributed by atoms with Gasteiger partial charge in [0.05, 0.1) is 0 Å². The summed E-state index contributed by atoms with van der Waals surface area (Å²) in [4.78, 5) is 0. The number of hydrogen-bond acceptors (Lipinski definition) is 1. The quantitative estimate of drug-likeness (QED) is 0.314. The van der Waals surface area contributed by atoms with Crippen molar-refractivity contribution in [3.63, 3.8) is 0 Å². The molecule has 0 aromatic carbocycles. The first-order chi connectivity index (χ1) is 1.73. The minimum absolute atomic E-state index is 0. The van der Waals surface area contributed by atoms with E-state index in [1.165, 1.54) is 0 Å². The topological polar surface area (TPSA) is 57.5 Å². The molecular weight excluding hydrogens is 463 g/mol. The first kappa shape index (κ1) is 15.7. The SMILES string of the molecule is I.O=[Se](O)O.[BiH3]. The minimum atomic E-state index is -3.29. The van der Waals surface area contributed by atoms with Crippen molar-refractivity contribution >= 4 is 64.7 Å². The van der Waals surface area contributed by atoms with Gasteiger partial charge in [0.1, 0.15) is 0 Å². The van der Waals surface area contributed by atoms with Gasteiger partial charge in [-0.05, 0) is 0 Å². The summed E-state index contributed by atoms with van der Waals surface area (Å²) >= 11 is -3.29. The van der Waals surface area contributed by atoms with Gasteiger partial charge in [0.2, 0.25) is 0 Å². The van der Waals surface area contributed by atoms with Gasteiger partial charge in [0, 0.05) is 0 Å². The van der Waals surface area contributed by atoms with E-state index in [9.17, 15) is 0 Å². The molecule has 0 rings (SSSR count). The van der Waals surface area contributed by atoms with Crippen molar-refractivity contribution in [1.82, 2.24) is 0 Å². The summed E-state index contributed by atoms with van der Waals surface area (Å²) in [5.74, 6) is 0. The molecule has 42 valence electrons. The maximum atomic E-state index is 8.76. The van der Waals surface area contributed by atoms with Gasteiger partial charge in [0.15, 0.2) is 0 Å². The first-order valence-corrected chi connectivity index (χ1v) is 2.76. The summed E-state index contributed by atoms with van der Waals surface area (Å²) in [5.41, 5.74) is 0. The van der Waals surface area contributed by atoms with Gasteiger partial charge in [-0.3, -0.25) is 0 Å². The second kappa shape index (κ2) is 9.97. The molecule has 0 aliphatic heterocycles. The van der Waals surface area contributed by atoms with Gasteiger partial charge in [0.25, 0.3) is 0 Å². The molecule has 0 aromatic rings. The fourth-order valence-electron chi connectivity index (χ4n) is 0. The Bertz CT molecular complexity index is 33.8. The van der Waals surface area contributed by atoms with Crippen LogP contribution < -0.4 is 0 Å². The van der Waals surface area contributed by atoms with Crippen LogP contribution in [0.15, 0.2) is 0 Å². The van der Waals surface area contributed by atoms with E-state index in [0.29, 0.717) is 0 Å². The molecule has 0 heterocycles. The zero-order valence-electron chi connectivity index (χ0n) is 2.83. The van der Waals surface area contributed by atoms with Crippen LogP contribution in [0, 0.1) is 0 Å². The maximum absolute atomic E-state index is 8.76. The van der Waals surface area contributed by atoms with Crippen molar-refractivity contribution in [2.75, 3.05) is 0 Å². The molecule has 2 N–H and O–H groups in total. The van der Waals surface area contributed by atoms with E-state index in [4.69, 9.17) is 12.2 Å². The monoisotopic (exact) mass is 470 g/mol. The Balaban J connectivity index is -0.0000000450. The Hall–Kier alpha value is 1.85. The fourth-order valence-corrected chi connectivity index (χ4v) is 0. The van der Waals surface area contributed by atoms with Gasteiger partial charge in [-0.25, -0.2) is 0 Å². The molecular formula is H6BiIO3Se. The summed E-state index contributed by atoms with van der Waals surface area (Å²) in [5, 5.41) is 0. The molecule has 6 heteroatoms. The van der Waals surface area contributed by atoms with Crippen LogP contribution in [0.3, 0.4) is 0 Å². The third-order valence-corrected chi connectivity index (χ3v) is 0. The van der Waals surface area contributed by atoms with E-state index in [1.807, 2.05) is 0 Å². The summed E-state index contributed by atoms with van der Waals surface area (Å²) in [7, 11) is 0. The summed E-state index contributed by atoms with van der Waals surface area (Å²) in [6.07, 6.45) is 0. The van der Waals surface area contributed by atoms with Crippen molar-refractivity contribution in [2.24, 2.45) is 0 Å². The predicted octanol–water partition coefficient (Wildman–Crippen LogP) is -2.18. The zero-order valence-corrected chi connectivity index (χ0v) is 12.4. The van der Waals surface area contributed by atoms with Crippen LogP contribution in [-0.2, 0) is 3.83 Å². The number of halogens is 1. The Kier molecular flexibility index (Phi) is 26.0. The van der Waals surface area contributed by atoms with Crippen molar-refractivity contribution < 1.29 is 12.2 Å². The van der Waals surface area contributed by atoms with Crippen LogP contribution >= 0.6 is 24.0 Å². The third-order valence-electron chi connectivity index (χ3n) is 0.